The van der Waals surface area contributed by atoms with E-state index in [1.165, 1.54) is 12.8 Å². The Morgan fingerprint density at radius 3 is 3.25 bits per heavy atom. The summed E-state index contributed by atoms with van der Waals surface area (Å²) >= 11 is 0. The van der Waals surface area contributed by atoms with Gasteiger partial charge in [-0.3, -0.25) is 9.78 Å². The summed E-state index contributed by atoms with van der Waals surface area (Å²) in [6.07, 6.45) is 4.31. The van der Waals surface area contributed by atoms with Gasteiger partial charge < -0.3 is 15.5 Å². The third-order valence-corrected chi connectivity index (χ3v) is 4.28. The molecule has 0 radical (unpaired) electrons. The molecule has 1 aromatic rings. The number of pyridine rings is 1. The fraction of sp³-hybridized carbons (Fsp3) is 0.600. The first-order valence-corrected chi connectivity index (χ1v) is 7.50. The fourth-order valence-corrected chi connectivity index (χ4v) is 3.25. The van der Waals surface area contributed by atoms with Gasteiger partial charge in [-0.1, -0.05) is 0 Å². The van der Waals surface area contributed by atoms with E-state index < -0.39 is 0 Å². The van der Waals surface area contributed by atoms with E-state index >= 15 is 0 Å². The van der Waals surface area contributed by atoms with Gasteiger partial charge in [-0.2, -0.15) is 0 Å². The minimum Gasteiger partial charge on any atom is -0.370 e. The molecule has 0 saturated carbocycles. The lowest BCUT2D eigenvalue weighted by atomic mass is 9.94. The molecule has 2 aliphatic rings. The molecule has 20 heavy (non-hydrogen) atoms. The maximum atomic E-state index is 11.9. The van der Waals surface area contributed by atoms with Crippen molar-refractivity contribution in [2.24, 2.45) is 5.92 Å². The summed E-state index contributed by atoms with van der Waals surface area (Å²) in [4.78, 5) is 18.4. The molecule has 5 nitrogen and oxygen atoms in total. The lowest BCUT2D eigenvalue weighted by molar-refractivity contribution is 0.0951. The highest BCUT2D eigenvalue weighted by Crippen LogP contribution is 2.29. The normalized spacial score (nSPS) is 25.4. The number of nitrogens with zero attached hydrogens (tertiary/aromatic N) is 2. The van der Waals surface area contributed by atoms with Crippen LogP contribution in [0, 0.1) is 5.92 Å². The number of piperidine rings is 1. The molecule has 5 heteroatoms. The second-order valence-corrected chi connectivity index (χ2v) is 5.63. The maximum absolute atomic E-state index is 11.9. The average Bonchev–Trinajstić information content (AvgIpc) is 2.91. The summed E-state index contributed by atoms with van der Waals surface area (Å²) in [5.41, 5.74) is 1.62. The van der Waals surface area contributed by atoms with E-state index in [-0.39, 0.29) is 5.91 Å². The SMILES string of the molecule is CCNC(=O)c1cc(N2CC3CCCNC3C2)ccn1. The Hall–Kier alpha value is -1.62. The second-order valence-electron chi connectivity index (χ2n) is 5.63. The van der Waals surface area contributed by atoms with Gasteiger partial charge in [0.15, 0.2) is 0 Å². The summed E-state index contributed by atoms with van der Waals surface area (Å²) in [7, 11) is 0. The van der Waals surface area contributed by atoms with Crippen molar-refractivity contribution in [1.29, 1.82) is 0 Å². The van der Waals surface area contributed by atoms with Gasteiger partial charge in [0.2, 0.25) is 0 Å². The van der Waals surface area contributed by atoms with E-state index in [4.69, 9.17) is 0 Å². The molecule has 0 aliphatic carbocycles. The van der Waals surface area contributed by atoms with Crippen molar-refractivity contribution < 1.29 is 4.79 Å². The van der Waals surface area contributed by atoms with Crippen LogP contribution in [0.5, 0.6) is 0 Å². The fourth-order valence-electron chi connectivity index (χ4n) is 3.25. The molecule has 2 fully saturated rings. The van der Waals surface area contributed by atoms with E-state index in [2.05, 4.69) is 20.5 Å². The number of aromatic nitrogens is 1. The van der Waals surface area contributed by atoms with Gasteiger partial charge in [0.25, 0.3) is 5.91 Å². The predicted molar refractivity (Wildman–Crippen MR) is 79.0 cm³/mol. The average molecular weight is 274 g/mol. The number of amides is 1. The number of hydrogen-bond acceptors (Lipinski definition) is 4. The second kappa shape index (κ2) is 5.79. The molecule has 2 N–H and O–H groups in total. The predicted octanol–water partition coefficient (Wildman–Crippen LogP) is 1.02. The van der Waals surface area contributed by atoms with Gasteiger partial charge in [0.1, 0.15) is 5.69 Å². The van der Waals surface area contributed by atoms with E-state index in [9.17, 15) is 4.79 Å². The largest absolute Gasteiger partial charge is 0.370 e. The summed E-state index contributed by atoms with van der Waals surface area (Å²) in [6.45, 7) is 5.79. The first-order valence-electron chi connectivity index (χ1n) is 7.50. The Kier molecular flexibility index (Phi) is 3.87. The highest BCUT2D eigenvalue weighted by Gasteiger charge is 2.34. The van der Waals surface area contributed by atoms with Crippen LogP contribution in [-0.4, -0.2) is 43.1 Å². The van der Waals surface area contributed by atoms with Crippen molar-refractivity contribution in [2.45, 2.75) is 25.8 Å². The van der Waals surface area contributed by atoms with Gasteiger partial charge in [0, 0.05) is 37.6 Å². The van der Waals surface area contributed by atoms with Crippen LogP contribution >= 0.6 is 0 Å². The summed E-state index contributed by atoms with van der Waals surface area (Å²) in [6, 6.07) is 4.51. The molecule has 1 aromatic heterocycles. The van der Waals surface area contributed by atoms with Crippen LogP contribution in [0.2, 0.25) is 0 Å². The van der Waals surface area contributed by atoms with Crippen molar-refractivity contribution in [3.8, 4) is 0 Å². The minimum atomic E-state index is -0.0934. The number of carbonyl (C=O) groups is 1. The van der Waals surface area contributed by atoms with Crippen LogP contribution in [0.25, 0.3) is 0 Å². The molecule has 0 spiro atoms. The van der Waals surface area contributed by atoms with Crippen molar-refractivity contribution in [3.63, 3.8) is 0 Å². The van der Waals surface area contributed by atoms with E-state index in [1.54, 1.807) is 6.20 Å². The van der Waals surface area contributed by atoms with Crippen LogP contribution in [0.4, 0.5) is 5.69 Å². The molecule has 2 unspecified atom stereocenters. The third-order valence-electron chi connectivity index (χ3n) is 4.28. The molecular weight excluding hydrogens is 252 g/mol. The standard InChI is InChI=1S/C15H22N4O/c1-2-16-15(20)13-8-12(5-7-18-13)19-9-11-4-3-6-17-14(11)10-19/h5,7-8,11,14,17H,2-4,6,9-10H2,1H3,(H,16,20). The number of rotatable bonds is 3. The molecule has 2 saturated heterocycles. The van der Waals surface area contributed by atoms with Crippen LogP contribution < -0.4 is 15.5 Å². The van der Waals surface area contributed by atoms with Crippen LogP contribution in [0.3, 0.4) is 0 Å². The lowest BCUT2D eigenvalue weighted by Gasteiger charge is -2.24. The third kappa shape index (κ3) is 2.63. The zero-order chi connectivity index (χ0) is 13.9. The zero-order valence-corrected chi connectivity index (χ0v) is 11.9. The number of carbonyl (C=O) groups excluding carboxylic acids is 1. The number of anilines is 1. The van der Waals surface area contributed by atoms with Gasteiger partial charge in [-0.25, -0.2) is 0 Å². The van der Waals surface area contributed by atoms with Gasteiger partial charge in [-0.05, 0) is 44.4 Å². The molecule has 1 amide bonds. The Bertz CT molecular complexity index is 477. The van der Waals surface area contributed by atoms with Crippen LogP contribution in [0.15, 0.2) is 18.3 Å². The number of hydrogen-bond donors (Lipinski definition) is 2. The quantitative estimate of drug-likeness (QED) is 0.864. The Balaban J connectivity index is 1.74. The Morgan fingerprint density at radius 2 is 2.45 bits per heavy atom. The molecule has 0 aromatic carbocycles. The summed E-state index contributed by atoms with van der Waals surface area (Å²) in [5.74, 6) is 0.647. The number of nitrogens with one attached hydrogen (secondary N) is 2. The van der Waals surface area contributed by atoms with E-state index in [1.807, 2.05) is 19.1 Å². The zero-order valence-electron chi connectivity index (χ0n) is 11.9. The molecular formula is C15H22N4O. The topological polar surface area (TPSA) is 57.3 Å². The van der Waals surface area contributed by atoms with Gasteiger partial charge in [-0.15, -0.1) is 0 Å². The molecule has 3 rings (SSSR count). The van der Waals surface area contributed by atoms with Crippen LogP contribution in [0.1, 0.15) is 30.3 Å². The number of fused-ring (bicyclic) bond motifs is 1. The summed E-state index contributed by atoms with van der Waals surface area (Å²) in [5, 5.41) is 6.40. The van der Waals surface area contributed by atoms with Crippen molar-refractivity contribution in [2.75, 3.05) is 31.1 Å². The minimum absolute atomic E-state index is 0.0934. The highest BCUT2D eigenvalue weighted by atomic mass is 16.1. The van der Waals surface area contributed by atoms with Crippen molar-refractivity contribution >= 4 is 11.6 Å². The Labute approximate surface area is 119 Å². The van der Waals surface area contributed by atoms with Gasteiger partial charge in [0.05, 0.1) is 0 Å². The van der Waals surface area contributed by atoms with E-state index in [0.29, 0.717) is 18.3 Å². The van der Waals surface area contributed by atoms with Crippen molar-refractivity contribution in [3.05, 3.63) is 24.0 Å². The van der Waals surface area contributed by atoms with E-state index in [0.717, 1.165) is 31.2 Å². The Morgan fingerprint density at radius 1 is 1.55 bits per heavy atom. The lowest BCUT2D eigenvalue weighted by Crippen LogP contribution is -2.40. The smallest absolute Gasteiger partial charge is 0.269 e. The first-order chi connectivity index (χ1) is 9.78. The molecule has 2 atom stereocenters. The molecule has 2 aliphatic heterocycles. The summed E-state index contributed by atoms with van der Waals surface area (Å²) < 4.78 is 0. The first kappa shape index (κ1) is 13.4. The maximum Gasteiger partial charge on any atom is 0.269 e. The highest BCUT2D eigenvalue weighted by molar-refractivity contribution is 5.93. The molecule has 0 bridgehead atoms. The van der Waals surface area contributed by atoms with Crippen molar-refractivity contribution in [1.82, 2.24) is 15.6 Å². The van der Waals surface area contributed by atoms with Gasteiger partial charge >= 0.3 is 0 Å². The monoisotopic (exact) mass is 274 g/mol. The molecule has 3 heterocycles. The van der Waals surface area contributed by atoms with Crippen LogP contribution in [-0.2, 0) is 0 Å². The molecule has 108 valence electrons.